The Kier molecular flexibility index (Phi) is 4.01. The second kappa shape index (κ2) is 5.93. The summed E-state index contributed by atoms with van der Waals surface area (Å²) < 4.78 is 28.9. The average molecular weight is 308 g/mol. The van der Waals surface area contributed by atoms with Crippen molar-refractivity contribution in [3.05, 3.63) is 51.7 Å². The van der Waals surface area contributed by atoms with Gasteiger partial charge in [0.2, 0.25) is 0 Å². The molecule has 0 saturated carbocycles. The van der Waals surface area contributed by atoms with Gasteiger partial charge in [-0.25, -0.2) is 0 Å². The molecule has 1 atom stereocenters. The molecular formula is C16H14F2O2S. The van der Waals surface area contributed by atoms with E-state index in [4.69, 9.17) is 0 Å². The van der Waals surface area contributed by atoms with Gasteiger partial charge in [-0.05, 0) is 48.4 Å². The summed E-state index contributed by atoms with van der Waals surface area (Å²) in [4.78, 5) is 13.9. The number of carbonyl (C=O) groups excluding carboxylic acids is 1. The van der Waals surface area contributed by atoms with E-state index in [9.17, 15) is 13.6 Å². The van der Waals surface area contributed by atoms with Crippen LogP contribution in [0.25, 0.3) is 0 Å². The van der Waals surface area contributed by atoms with E-state index in [2.05, 4.69) is 4.74 Å². The predicted molar refractivity (Wildman–Crippen MR) is 77.4 cm³/mol. The second-order valence-electron chi connectivity index (χ2n) is 5.01. The fourth-order valence-electron chi connectivity index (χ4n) is 2.79. The summed E-state index contributed by atoms with van der Waals surface area (Å²) >= 11 is 1.68. The number of ketones is 1. The van der Waals surface area contributed by atoms with E-state index in [0.29, 0.717) is 5.56 Å². The number of halogens is 2. The second-order valence-corrected chi connectivity index (χ2v) is 6.02. The van der Waals surface area contributed by atoms with Gasteiger partial charge in [-0.15, -0.1) is 11.3 Å². The van der Waals surface area contributed by atoms with Gasteiger partial charge in [-0.2, -0.15) is 8.78 Å². The Balaban J connectivity index is 1.86. The van der Waals surface area contributed by atoms with Crippen LogP contribution in [0.1, 0.15) is 39.6 Å². The van der Waals surface area contributed by atoms with Crippen LogP contribution >= 0.6 is 11.3 Å². The number of aryl methyl sites for hydroxylation is 1. The Morgan fingerprint density at radius 3 is 3.00 bits per heavy atom. The molecule has 5 heteroatoms. The molecule has 1 aliphatic rings. The summed E-state index contributed by atoms with van der Waals surface area (Å²) in [5, 5.41) is 2.01. The first-order valence-corrected chi connectivity index (χ1v) is 7.68. The van der Waals surface area contributed by atoms with E-state index in [1.54, 1.807) is 23.5 Å². The summed E-state index contributed by atoms with van der Waals surface area (Å²) in [6, 6.07) is 8.06. The molecule has 0 radical (unpaired) electrons. The van der Waals surface area contributed by atoms with Crippen molar-refractivity contribution in [2.45, 2.75) is 31.8 Å². The normalized spacial score (nSPS) is 17.6. The van der Waals surface area contributed by atoms with E-state index >= 15 is 0 Å². The van der Waals surface area contributed by atoms with E-state index in [1.165, 1.54) is 17.0 Å². The number of alkyl halides is 2. The summed E-state index contributed by atoms with van der Waals surface area (Å²) in [5.41, 5.74) is 1.52. The highest BCUT2D eigenvalue weighted by Gasteiger charge is 2.28. The molecule has 2 aromatic rings. The van der Waals surface area contributed by atoms with Crippen molar-refractivity contribution in [3.63, 3.8) is 0 Å². The summed E-state index contributed by atoms with van der Waals surface area (Å²) in [7, 11) is 0. The quantitative estimate of drug-likeness (QED) is 0.768. The summed E-state index contributed by atoms with van der Waals surface area (Å²) in [6.07, 6.45) is 2.81. The first-order valence-electron chi connectivity index (χ1n) is 6.80. The van der Waals surface area contributed by atoms with E-state index in [-0.39, 0.29) is 17.5 Å². The monoisotopic (exact) mass is 308 g/mol. The van der Waals surface area contributed by atoms with Crippen molar-refractivity contribution in [1.82, 2.24) is 0 Å². The maximum Gasteiger partial charge on any atom is 0.387 e. The number of benzene rings is 1. The highest BCUT2D eigenvalue weighted by molar-refractivity contribution is 7.10. The Bertz CT molecular complexity index is 651. The lowest BCUT2D eigenvalue weighted by Gasteiger charge is -2.21. The Labute approximate surface area is 125 Å². The van der Waals surface area contributed by atoms with Gasteiger partial charge in [0, 0.05) is 16.4 Å². The van der Waals surface area contributed by atoms with Gasteiger partial charge in [0.1, 0.15) is 5.75 Å². The third kappa shape index (κ3) is 2.97. The third-order valence-electron chi connectivity index (χ3n) is 3.71. The number of carbonyl (C=O) groups is 1. The third-order valence-corrected chi connectivity index (χ3v) is 4.71. The molecule has 0 amide bonds. The minimum atomic E-state index is -2.88. The van der Waals surface area contributed by atoms with Crippen molar-refractivity contribution in [1.29, 1.82) is 0 Å². The van der Waals surface area contributed by atoms with Gasteiger partial charge in [0.25, 0.3) is 0 Å². The molecule has 1 aromatic heterocycles. The molecule has 1 heterocycles. The number of ether oxygens (including phenoxy) is 1. The molecule has 110 valence electrons. The molecule has 0 fully saturated rings. The fourth-order valence-corrected chi connectivity index (χ4v) is 3.77. The molecule has 1 aromatic carbocycles. The van der Waals surface area contributed by atoms with E-state index < -0.39 is 6.61 Å². The predicted octanol–water partition coefficient (Wildman–Crippen LogP) is 4.65. The Morgan fingerprint density at radius 1 is 1.33 bits per heavy atom. The summed E-state index contributed by atoms with van der Waals surface area (Å²) in [6.45, 7) is -2.88. The number of thiophene rings is 1. The molecule has 3 rings (SSSR count). The molecule has 0 bridgehead atoms. The van der Waals surface area contributed by atoms with Crippen LogP contribution in [0, 0.1) is 0 Å². The maximum absolute atomic E-state index is 12.7. The first kappa shape index (κ1) is 14.2. The van der Waals surface area contributed by atoms with Crippen LogP contribution in [-0.2, 0) is 6.42 Å². The van der Waals surface area contributed by atoms with Crippen LogP contribution in [0.4, 0.5) is 8.78 Å². The van der Waals surface area contributed by atoms with Crippen LogP contribution in [-0.4, -0.2) is 12.4 Å². The van der Waals surface area contributed by atoms with Crippen LogP contribution < -0.4 is 4.74 Å². The number of fused-ring (bicyclic) bond motifs is 1. The lowest BCUT2D eigenvalue weighted by atomic mass is 9.82. The van der Waals surface area contributed by atoms with Crippen molar-refractivity contribution >= 4 is 17.1 Å². The highest BCUT2D eigenvalue weighted by Crippen LogP contribution is 2.37. The molecular weight excluding hydrogens is 294 g/mol. The van der Waals surface area contributed by atoms with Gasteiger partial charge in [-0.3, -0.25) is 4.79 Å². The largest absolute Gasteiger partial charge is 0.435 e. The Morgan fingerprint density at radius 2 is 2.19 bits per heavy atom. The average Bonchev–Trinajstić information content (AvgIpc) is 2.94. The molecule has 0 aliphatic heterocycles. The SMILES string of the molecule is O=C(c1cccc(OC(F)F)c1)C1CCCc2sccc21. The van der Waals surface area contributed by atoms with Crippen molar-refractivity contribution in [3.8, 4) is 5.75 Å². The standard InChI is InChI=1S/C16H14F2O2S/c17-16(18)20-11-4-1-3-10(9-11)15(19)13-5-2-6-14-12(13)7-8-21-14/h1,3-4,7-9,13,16H,2,5-6H2. The van der Waals surface area contributed by atoms with Crippen molar-refractivity contribution < 1.29 is 18.3 Å². The van der Waals surface area contributed by atoms with Crippen LogP contribution in [0.2, 0.25) is 0 Å². The van der Waals surface area contributed by atoms with Gasteiger partial charge < -0.3 is 4.74 Å². The zero-order valence-electron chi connectivity index (χ0n) is 11.2. The molecule has 0 N–H and O–H groups in total. The van der Waals surface area contributed by atoms with E-state index in [1.807, 2.05) is 11.4 Å². The Hall–Kier alpha value is -1.75. The van der Waals surface area contributed by atoms with Crippen LogP contribution in [0.15, 0.2) is 35.7 Å². The lowest BCUT2D eigenvalue weighted by molar-refractivity contribution is -0.0498. The maximum atomic E-state index is 12.7. The van der Waals surface area contributed by atoms with Gasteiger partial charge in [0.15, 0.2) is 5.78 Å². The zero-order chi connectivity index (χ0) is 14.8. The van der Waals surface area contributed by atoms with E-state index in [0.717, 1.165) is 24.8 Å². The smallest absolute Gasteiger partial charge is 0.387 e. The van der Waals surface area contributed by atoms with Gasteiger partial charge >= 0.3 is 6.61 Å². The fraction of sp³-hybridized carbons (Fsp3) is 0.312. The molecule has 1 unspecified atom stereocenters. The molecule has 0 saturated heterocycles. The van der Waals surface area contributed by atoms with Crippen LogP contribution in [0.3, 0.4) is 0 Å². The number of hydrogen-bond donors (Lipinski definition) is 0. The van der Waals surface area contributed by atoms with Gasteiger partial charge in [-0.1, -0.05) is 12.1 Å². The lowest BCUT2D eigenvalue weighted by Crippen LogP contribution is -2.17. The van der Waals surface area contributed by atoms with Crippen LogP contribution in [0.5, 0.6) is 5.75 Å². The molecule has 2 nitrogen and oxygen atoms in total. The minimum absolute atomic E-state index is 0.0194. The van der Waals surface area contributed by atoms with Gasteiger partial charge in [0.05, 0.1) is 0 Å². The molecule has 1 aliphatic carbocycles. The number of hydrogen-bond acceptors (Lipinski definition) is 3. The summed E-state index contributed by atoms with van der Waals surface area (Å²) in [5.74, 6) is -0.159. The molecule has 0 spiro atoms. The minimum Gasteiger partial charge on any atom is -0.435 e. The zero-order valence-corrected chi connectivity index (χ0v) is 12.0. The van der Waals surface area contributed by atoms with Crippen molar-refractivity contribution in [2.24, 2.45) is 0 Å². The highest BCUT2D eigenvalue weighted by atomic mass is 32.1. The first-order chi connectivity index (χ1) is 10.1. The number of rotatable bonds is 4. The van der Waals surface area contributed by atoms with Crippen molar-refractivity contribution in [2.75, 3.05) is 0 Å². The number of Topliss-reactive ketones (excluding diaryl/α,β-unsaturated/α-hetero) is 1. The topological polar surface area (TPSA) is 26.3 Å². The molecule has 21 heavy (non-hydrogen) atoms.